The summed E-state index contributed by atoms with van der Waals surface area (Å²) in [7, 11) is -4.19. The van der Waals surface area contributed by atoms with Gasteiger partial charge in [0.25, 0.3) is 5.91 Å². The Morgan fingerprint density at radius 2 is 1.72 bits per heavy atom. The Kier molecular flexibility index (Phi) is 5.72. The van der Waals surface area contributed by atoms with Crippen LogP contribution in [-0.2, 0) is 16.2 Å². The molecule has 0 N–H and O–H groups in total. The van der Waals surface area contributed by atoms with Crippen LogP contribution in [0.2, 0.25) is 5.02 Å². The number of fused-ring (bicyclic) bond motifs is 1. The van der Waals surface area contributed by atoms with Gasteiger partial charge < -0.3 is 9.32 Å². The van der Waals surface area contributed by atoms with Crippen molar-refractivity contribution in [3.8, 4) is 0 Å². The molecule has 0 unspecified atom stereocenters. The number of carbonyl (C=O) groups excluding carboxylic acids is 1. The van der Waals surface area contributed by atoms with E-state index in [2.05, 4.69) is 0 Å². The van der Waals surface area contributed by atoms with Crippen molar-refractivity contribution in [3.63, 3.8) is 0 Å². The second-order valence-corrected chi connectivity index (χ2v) is 9.73. The van der Waals surface area contributed by atoms with E-state index in [0.29, 0.717) is 17.2 Å². The van der Waals surface area contributed by atoms with E-state index in [1.54, 1.807) is 19.1 Å². The fourth-order valence-corrected chi connectivity index (χ4v) is 5.36. The number of alkyl halides is 3. The summed E-state index contributed by atoms with van der Waals surface area (Å²) < 4.78 is 71.9. The quantitative estimate of drug-likeness (QED) is 0.544. The first-order valence-electron chi connectivity index (χ1n) is 9.64. The van der Waals surface area contributed by atoms with E-state index in [0.717, 1.165) is 21.8 Å². The highest BCUT2D eigenvalue weighted by atomic mass is 35.5. The van der Waals surface area contributed by atoms with E-state index in [4.69, 9.17) is 16.0 Å². The Balaban J connectivity index is 1.52. The third-order valence-electron chi connectivity index (χ3n) is 5.44. The van der Waals surface area contributed by atoms with Crippen molar-refractivity contribution in [2.24, 2.45) is 0 Å². The summed E-state index contributed by atoms with van der Waals surface area (Å²) in [5, 5.41) is 0.244. The summed E-state index contributed by atoms with van der Waals surface area (Å²) in [4.78, 5) is 13.9. The van der Waals surface area contributed by atoms with Crippen molar-refractivity contribution in [1.82, 2.24) is 9.21 Å². The van der Waals surface area contributed by atoms with E-state index >= 15 is 0 Å². The van der Waals surface area contributed by atoms with Gasteiger partial charge in [-0.15, -0.1) is 0 Å². The fourth-order valence-electron chi connectivity index (χ4n) is 3.68. The molecule has 1 amide bonds. The average molecular weight is 487 g/mol. The molecule has 6 nitrogen and oxygen atoms in total. The molecule has 0 spiro atoms. The monoisotopic (exact) mass is 486 g/mol. The van der Waals surface area contributed by atoms with Crippen molar-refractivity contribution >= 4 is 38.5 Å². The summed E-state index contributed by atoms with van der Waals surface area (Å²) in [6.45, 7) is 1.82. The van der Waals surface area contributed by atoms with E-state index < -0.39 is 31.7 Å². The standard InChI is InChI=1S/C21H18ClF3N2O4S/c1-13-15-4-2-3-5-18(15)31-19(13)20(28)26-8-10-27(11-9-26)32(29,30)14-6-7-17(22)16(12-14)21(23,24)25/h2-7,12H,8-11H2,1H3. The first kappa shape index (κ1) is 22.6. The second-order valence-electron chi connectivity index (χ2n) is 7.39. The van der Waals surface area contributed by atoms with Gasteiger partial charge in [0.05, 0.1) is 15.5 Å². The minimum atomic E-state index is -4.78. The van der Waals surface area contributed by atoms with Crippen molar-refractivity contribution in [2.75, 3.05) is 26.2 Å². The third kappa shape index (κ3) is 3.98. The number of hydrogen-bond acceptors (Lipinski definition) is 4. The molecule has 3 aromatic rings. The number of nitrogens with zero attached hydrogens (tertiary/aromatic N) is 2. The Hall–Kier alpha value is -2.56. The molecule has 1 saturated heterocycles. The predicted octanol–water partition coefficient (Wildman–Crippen LogP) is 4.56. The lowest BCUT2D eigenvalue weighted by molar-refractivity contribution is -0.137. The summed E-state index contributed by atoms with van der Waals surface area (Å²) >= 11 is 5.59. The minimum Gasteiger partial charge on any atom is -0.451 e. The van der Waals surface area contributed by atoms with Gasteiger partial charge in [-0.25, -0.2) is 8.42 Å². The molecule has 11 heteroatoms. The second kappa shape index (κ2) is 8.09. The first-order valence-corrected chi connectivity index (χ1v) is 11.5. The molecule has 0 radical (unpaired) electrons. The van der Waals surface area contributed by atoms with Gasteiger partial charge in [0.15, 0.2) is 5.76 Å². The lowest BCUT2D eigenvalue weighted by Gasteiger charge is -2.33. The number of para-hydroxylation sites is 1. The van der Waals surface area contributed by atoms with Crippen LogP contribution in [-0.4, -0.2) is 49.7 Å². The highest BCUT2D eigenvalue weighted by Gasteiger charge is 2.37. The zero-order valence-electron chi connectivity index (χ0n) is 16.8. The molecule has 1 fully saturated rings. The number of amides is 1. The maximum Gasteiger partial charge on any atom is 0.417 e. The maximum atomic E-state index is 13.1. The zero-order valence-corrected chi connectivity index (χ0v) is 18.4. The Morgan fingerprint density at radius 3 is 2.34 bits per heavy atom. The number of benzene rings is 2. The van der Waals surface area contributed by atoms with E-state index in [9.17, 15) is 26.4 Å². The van der Waals surface area contributed by atoms with Crippen molar-refractivity contribution in [3.05, 3.63) is 64.4 Å². The number of halogens is 4. The average Bonchev–Trinajstić information content (AvgIpc) is 3.09. The molecule has 0 atom stereocenters. The van der Waals surface area contributed by atoms with Gasteiger partial charge in [-0.2, -0.15) is 17.5 Å². The van der Waals surface area contributed by atoms with Gasteiger partial charge in [0.1, 0.15) is 5.58 Å². The summed E-state index contributed by atoms with van der Waals surface area (Å²) in [6, 6.07) is 9.73. The van der Waals surface area contributed by atoms with Crippen LogP contribution in [0.1, 0.15) is 21.7 Å². The smallest absolute Gasteiger partial charge is 0.417 e. The van der Waals surface area contributed by atoms with E-state index in [1.807, 2.05) is 12.1 Å². The molecule has 1 aliphatic heterocycles. The minimum absolute atomic E-state index is 0.0582. The van der Waals surface area contributed by atoms with Gasteiger partial charge in [-0.05, 0) is 31.2 Å². The van der Waals surface area contributed by atoms with Gasteiger partial charge in [-0.3, -0.25) is 4.79 Å². The van der Waals surface area contributed by atoms with Gasteiger partial charge >= 0.3 is 6.18 Å². The van der Waals surface area contributed by atoms with E-state index in [-0.39, 0.29) is 37.8 Å². The maximum absolute atomic E-state index is 13.1. The van der Waals surface area contributed by atoms with E-state index in [1.165, 1.54) is 4.90 Å². The van der Waals surface area contributed by atoms with Gasteiger partial charge in [-0.1, -0.05) is 29.8 Å². The Bertz CT molecular complexity index is 1300. The molecule has 32 heavy (non-hydrogen) atoms. The Labute approximate surface area is 187 Å². The number of hydrogen-bond donors (Lipinski definition) is 0. The number of rotatable bonds is 3. The van der Waals surface area contributed by atoms with Crippen molar-refractivity contribution in [2.45, 2.75) is 18.0 Å². The van der Waals surface area contributed by atoms with Crippen molar-refractivity contribution < 1.29 is 30.8 Å². The molecule has 1 aliphatic rings. The van der Waals surface area contributed by atoms with Gasteiger partial charge in [0.2, 0.25) is 10.0 Å². The molecular formula is C21H18ClF3N2O4S. The summed E-state index contributed by atoms with van der Waals surface area (Å²) in [5.41, 5.74) is 0.0636. The molecule has 2 heterocycles. The third-order valence-corrected chi connectivity index (χ3v) is 7.67. The molecule has 170 valence electrons. The number of carbonyl (C=O) groups is 1. The first-order chi connectivity index (χ1) is 15.0. The molecule has 0 saturated carbocycles. The van der Waals surface area contributed by atoms with Crippen LogP contribution in [0.3, 0.4) is 0 Å². The highest BCUT2D eigenvalue weighted by molar-refractivity contribution is 7.89. The largest absolute Gasteiger partial charge is 0.451 e. The lowest BCUT2D eigenvalue weighted by atomic mass is 10.1. The molecule has 1 aromatic heterocycles. The zero-order chi connectivity index (χ0) is 23.3. The summed E-state index contributed by atoms with van der Waals surface area (Å²) in [6.07, 6.45) is -4.78. The molecule has 0 aliphatic carbocycles. The fraction of sp³-hybridized carbons (Fsp3) is 0.286. The highest BCUT2D eigenvalue weighted by Crippen LogP contribution is 2.36. The topological polar surface area (TPSA) is 70.8 Å². The predicted molar refractivity (Wildman–Crippen MR) is 112 cm³/mol. The van der Waals surface area contributed by atoms with Crippen LogP contribution < -0.4 is 0 Å². The number of sulfonamides is 1. The SMILES string of the molecule is Cc1c(C(=O)N2CCN(S(=O)(=O)c3ccc(Cl)c(C(F)(F)F)c3)CC2)oc2ccccc12. The summed E-state index contributed by atoms with van der Waals surface area (Å²) in [5.74, 6) is -0.170. The molecule has 4 rings (SSSR count). The normalized spacial score (nSPS) is 16.0. The number of aryl methyl sites for hydroxylation is 1. The molecular weight excluding hydrogens is 469 g/mol. The molecule has 2 aromatic carbocycles. The number of furan rings is 1. The van der Waals surface area contributed by atoms with Crippen LogP contribution in [0, 0.1) is 6.92 Å². The van der Waals surface area contributed by atoms with Crippen LogP contribution in [0.4, 0.5) is 13.2 Å². The van der Waals surface area contributed by atoms with Crippen molar-refractivity contribution in [1.29, 1.82) is 0 Å². The number of piperazine rings is 1. The molecule has 0 bridgehead atoms. The van der Waals surface area contributed by atoms with Gasteiger partial charge in [0, 0.05) is 37.1 Å². The van der Waals surface area contributed by atoms with Crippen LogP contribution in [0.15, 0.2) is 51.8 Å². The lowest BCUT2D eigenvalue weighted by Crippen LogP contribution is -2.50. The van der Waals surface area contributed by atoms with Crippen LogP contribution in [0.5, 0.6) is 0 Å². The van der Waals surface area contributed by atoms with Crippen LogP contribution >= 0.6 is 11.6 Å². The van der Waals surface area contributed by atoms with Crippen LogP contribution in [0.25, 0.3) is 11.0 Å². The Morgan fingerprint density at radius 1 is 1.06 bits per heavy atom.